The predicted octanol–water partition coefficient (Wildman–Crippen LogP) is 4.48. The predicted molar refractivity (Wildman–Crippen MR) is 120 cm³/mol. The van der Waals surface area contributed by atoms with Crippen molar-refractivity contribution in [3.63, 3.8) is 0 Å². The van der Waals surface area contributed by atoms with Crippen LogP contribution in [-0.2, 0) is 14.8 Å². The Morgan fingerprint density at radius 3 is 2.32 bits per heavy atom. The van der Waals surface area contributed by atoms with Gasteiger partial charge >= 0.3 is 0 Å². The molecule has 1 N–H and O–H groups in total. The van der Waals surface area contributed by atoms with E-state index in [1.807, 2.05) is 0 Å². The number of carbonyl (C=O) groups excluding carboxylic acids is 1. The average molecular weight is 480 g/mol. The Kier molecular flexibility index (Phi) is 7.27. The fourth-order valence-electron chi connectivity index (χ4n) is 2.57. The SMILES string of the molecule is O=C(CN(c1ccc(Cl)c(Cl)c1)S(=O)(=O)c1ccccc1)N/N=C/c1ccc(F)cc1. The molecule has 6 nitrogen and oxygen atoms in total. The molecule has 0 atom stereocenters. The van der Waals surface area contributed by atoms with Gasteiger partial charge in [-0.15, -0.1) is 0 Å². The van der Waals surface area contributed by atoms with Crippen LogP contribution in [0.1, 0.15) is 5.56 Å². The maximum absolute atomic E-state index is 13.2. The molecule has 0 aliphatic heterocycles. The fourth-order valence-corrected chi connectivity index (χ4v) is 4.29. The van der Waals surface area contributed by atoms with E-state index in [1.165, 1.54) is 60.8 Å². The highest BCUT2D eigenvalue weighted by Gasteiger charge is 2.27. The number of nitrogens with one attached hydrogen (secondary N) is 1. The lowest BCUT2D eigenvalue weighted by Crippen LogP contribution is -2.39. The smallest absolute Gasteiger partial charge is 0.264 e. The zero-order valence-corrected chi connectivity index (χ0v) is 18.2. The molecule has 0 spiro atoms. The summed E-state index contributed by atoms with van der Waals surface area (Å²) in [6, 6.07) is 17.4. The van der Waals surface area contributed by atoms with E-state index in [0.29, 0.717) is 5.56 Å². The van der Waals surface area contributed by atoms with Gasteiger partial charge in [-0.05, 0) is 48.0 Å². The summed E-state index contributed by atoms with van der Waals surface area (Å²) in [6.07, 6.45) is 1.31. The molecule has 0 aromatic heterocycles. The van der Waals surface area contributed by atoms with Gasteiger partial charge < -0.3 is 0 Å². The third-order valence-electron chi connectivity index (χ3n) is 4.08. The Hall–Kier alpha value is -2.94. The number of hydrogen-bond donors (Lipinski definition) is 1. The van der Waals surface area contributed by atoms with Gasteiger partial charge in [-0.1, -0.05) is 53.5 Å². The monoisotopic (exact) mass is 479 g/mol. The summed E-state index contributed by atoms with van der Waals surface area (Å²) in [5, 5.41) is 4.18. The number of nitrogens with zero attached hydrogens (tertiary/aromatic N) is 2. The minimum absolute atomic E-state index is 0.00341. The Balaban J connectivity index is 1.85. The summed E-state index contributed by atoms with van der Waals surface area (Å²) in [6.45, 7) is -0.560. The van der Waals surface area contributed by atoms with Crippen molar-refractivity contribution in [3.8, 4) is 0 Å². The maximum Gasteiger partial charge on any atom is 0.264 e. The molecule has 0 bridgehead atoms. The number of benzene rings is 3. The number of amides is 1. The van der Waals surface area contributed by atoms with Crippen LogP contribution < -0.4 is 9.73 Å². The van der Waals surface area contributed by atoms with E-state index in [-0.39, 0.29) is 20.6 Å². The molecule has 31 heavy (non-hydrogen) atoms. The van der Waals surface area contributed by atoms with Crippen LogP contribution in [0.15, 0.2) is 82.8 Å². The Labute approximate surface area is 189 Å². The van der Waals surface area contributed by atoms with E-state index in [1.54, 1.807) is 18.2 Å². The lowest BCUT2D eigenvalue weighted by molar-refractivity contribution is -0.119. The molecule has 0 radical (unpaired) electrons. The second kappa shape index (κ2) is 9.91. The van der Waals surface area contributed by atoms with Crippen molar-refractivity contribution in [2.45, 2.75) is 4.90 Å². The summed E-state index contributed by atoms with van der Waals surface area (Å²) in [5.41, 5.74) is 2.99. The minimum atomic E-state index is -4.08. The van der Waals surface area contributed by atoms with Crippen molar-refractivity contribution >= 4 is 51.0 Å². The van der Waals surface area contributed by atoms with Gasteiger partial charge in [0, 0.05) is 0 Å². The van der Waals surface area contributed by atoms with Gasteiger partial charge in [0.05, 0.1) is 26.8 Å². The zero-order valence-electron chi connectivity index (χ0n) is 15.9. The van der Waals surface area contributed by atoms with Crippen molar-refractivity contribution in [1.29, 1.82) is 0 Å². The van der Waals surface area contributed by atoms with Gasteiger partial charge in [0.15, 0.2) is 0 Å². The fraction of sp³-hybridized carbons (Fsp3) is 0.0476. The Bertz CT molecular complexity index is 1200. The van der Waals surface area contributed by atoms with Gasteiger partial charge in [0.2, 0.25) is 0 Å². The molecule has 160 valence electrons. The highest BCUT2D eigenvalue weighted by molar-refractivity contribution is 7.92. The first-order valence-corrected chi connectivity index (χ1v) is 11.1. The van der Waals surface area contributed by atoms with E-state index >= 15 is 0 Å². The second-order valence-electron chi connectivity index (χ2n) is 6.27. The molecule has 0 saturated carbocycles. The van der Waals surface area contributed by atoms with Crippen molar-refractivity contribution in [1.82, 2.24) is 5.43 Å². The zero-order chi connectivity index (χ0) is 22.4. The second-order valence-corrected chi connectivity index (χ2v) is 8.94. The van der Waals surface area contributed by atoms with Crippen LogP contribution in [0.4, 0.5) is 10.1 Å². The maximum atomic E-state index is 13.2. The van der Waals surface area contributed by atoms with E-state index in [9.17, 15) is 17.6 Å². The molecule has 3 aromatic carbocycles. The van der Waals surface area contributed by atoms with Gasteiger partial charge in [0.1, 0.15) is 12.4 Å². The minimum Gasteiger partial charge on any atom is -0.271 e. The van der Waals surface area contributed by atoms with E-state index < -0.39 is 28.3 Å². The van der Waals surface area contributed by atoms with Gasteiger partial charge in [-0.2, -0.15) is 5.10 Å². The first-order valence-electron chi connectivity index (χ1n) is 8.88. The topological polar surface area (TPSA) is 78.8 Å². The molecule has 3 rings (SSSR count). The summed E-state index contributed by atoms with van der Waals surface area (Å²) >= 11 is 12.0. The van der Waals surface area contributed by atoms with E-state index in [4.69, 9.17) is 23.2 Å². The molecule has 0 aliphatic carbocycles. The lowest BCUT2D eigenvalue weighted by atomic mass is 10.2. The Morgan fingerprint density at radius 2 is 1.68 bits per heavy atom. The summed E-state index contributed by atoms with van der Waals surface area (Å²) in [4.78, 5) is 12.5. The van der Waals surface area contributed by atoms with Crippen LogP contribution in [0.5, 0.6) is 0 Å². The van der Waals surface area contributed by atoms with Crippen LogP contribution >= 0.6 is 23.2 Å². The van der Waals surface area contributed by atoms with Crippen LogP contribution in [0.3, 0.4) is 0 Å². The number of halogens is 3. The normalized spacial score (nSPS) is 11.5. The summed E-state index contributed by atoms with van der Waals surface area (Å²) in [5.74, 6) is -1.09. The van der Waals surface area contributed by atoms with Crippen molar-refractivity contribution < 1.29 is 17.6 Å². The quantitative estimate of drug-likeness (QED) is 0.400. The van der Waals surface area contributed by atoms with E-state index in [2.05, 4.69) is 10.5 Å². The third kappa shape index (κ3) is 5.81. The molecule has 0 heterocycles. The number of carbonyl (C=O) groups is 1. The number of rotatable bonds is 7. The molecule has 1 amide bonds. The van der Waals surface area contributed by atoms with Crippen molar-refractivity contribution in [3.05, 3.63) is 94.2 Å². The first-order chi connectivity index (χ1) is 14.8. The molecular weight excluding hydrogens is 464 g/mol. The molecule has 3 aromatic rings. The largest absolute Gasteiger partial charge is 0.271 e. The summed E-state index contributed by atoms with van der Waals surface area (Å²) < 4.78 is 40.2. The number of anilines is 1. The third-order valence-corrected chi connectivity index (χ3v) is 6.61. The van der Waals surface area contributed by atoms with Crippen LogP contribution in [0.25, 0.3) is 0 Å². The van der Waals surface area contributed by atoms with Gasteiger partial charge in [-0.3, -0.25) is 9.10 Å². The van der Waals surface area contributed by atoms with Crippen molar-refractivity contribution in [2.24, 2.45) is 5.10 Å². The standard InChI is InChI=1S/C21H16Cl2FN3O3S/c22-19-11-10-17(12-20(19)23)27(31(29,30)18-4-2-1-3-5-18)14-21(28)26-25-13-15-6-8-16(24)9-7-15/h1-13H,14H2,(H,26,28)/b25-13+. The number of sulfonamides is 1. The molecule has 0 unspecified atom stereocenters. The first kappa shape index (κ1) is 22.7. The molecule has 0 aliphatic rings. The lowest BCUT2D eigenvalue weighted by Gasteiger charge is -2.24. The Morgan fingerprint density at radius 1 is 1.00 bits per heavy atom. The van der Waals surface area contributed by atoms with Crippen LogP contribution in [-0.4, -0.2) is 27.1 Å². The molecule has 10 heteroatoms. The molecular formula is C21H16Cl2FN3O3S. The highest BCUT2D eigenvalue weighted by Crippen LogP contribution is 2.30. The molecule has 0 fully saturated rings. The van der Waals surface area contributed by atoms with E-state index in [0.717, 1.165) is 4.31 Å². The molecule has 0 saturated heterocycles. The van der Waals surface area contributed by atoms with Crippen LogP contribution in [0.2, 0.25) is 10.0 Å². The highest BCUT2D eigenvalue weighted by atomic mass is 35.5. The van der Waals surface area contributed by atoms with Crippen LogP contribution in [0, 0.1) is 5.82 Å². The van der Waals surface area contributed by atoms with Gasteiger partial charge in [0.25, 0.3) is 15.9 Å². The number of hydrogen-bond acceptors (Lipinski definition) is 4. The summed E-state index contributed by atoms with van der Waals surface area (Å²) in [7, 11) is -4.08. The average Bonchev–Trinajstić information content (AvgIpc) is 2.76. The van der Waals surface area contributed by atoms with Crippen molar-refractivity contribution in [2.75, 3.05) is 10.8 Å². The van der Waals surface area contributed by atoms with Gasteiger partial charge in [-0.25, -0.2) is 18.2 Å². The number of hydrazone groups is 1.